The molecule has 0 unspecified atom stereocenters. The fourth-order valence-electron chi connectivity index (χ4n) is 3.64. The molecule has 0 fully saturated rings. The monoisotopic (exact) mass is 420 g/mol. The summed E-state index contributed by atoms with van der Waals surface area (Å²) in [6.45, 7) is 3.55. The predicted octanol–water partition coefficient (Wildman–Crippen LogP) is 4.84. The Hall–Kier alpha value is -3.67. The van der Waals surface area contributed by atoms with Gasteiger partial charge in [-0.25, -0.2) is 0 Å². The van der Waals surface area contributed by atoms with E-state index in [9.17, 15) is 4.79 Å². The third kappa shape index (κ3) is 4.14. The summed E-state index contributed by atoms with van der Waals surface area (Å²) in [5.41, 5.74) is 4.67. The highest BCUT2D eigenvalue weighted by Crippen LogP contribution is 2.37. The summed E-state index contributed by atoms with van der Waals surface area (Å²) in [6, 6.07) is 15.5. The quantitative estimate of drug-likeness (QED) is 0.510. The van der Waals surface area contributed by atoms with E-state index >= 15 is 0 Å². The molecule has 31 heavy (non-hydrogen) atoms. The molecule has 0 amide bonds. The molecule has 6 heteroatoms. The Kier molecular flexibility index (Phi) is 5.98. The number of hydrogen-bond donors (Lipinski definition) is 0. The van der Waals surface area contributed by atoms with Gasteiger partial charge in [-0.1, -0.05) is 24.3 Å². The van der Waals surface area contributed by atoms with Crippen LogP contribution in [0.4, 0.5) is 0 Å². The largest absolute Gasteiger partial charge is 0.496 e. The number of carbonyl (C=O) groups excluding carboxylic acids is 1. The standard InChI is InChI=1S/C25H24O6/c1-16-18(15-31-19-12-23(27-2)21(14-26)24(13-19)28-3)5-4-6-20(16)17-7-8-22-25(11-17)30-10-9-29-22/h4-8,11-14H,9-10,15H2,1-3H3. The molecule has 0 atom stereocenters. The first-order valence-corrected chi connectivity index (χ1v) is 9.97. The maximum Gasteiger partial charge on any atom is 0.161 e. The van der Waals surface area contributed by atoms with Crippen LogP contribution in [0, 0.1) is 6.92 Å². The molecular formula is C25H24O6. The Morgan fingerprint density at radius 2 is 1.65 bits per heavy atom. The number of methoxy groups -OCH3 is 2. The number of rotatable bonds is 7. The SMILES string of the molecule is COc1cc(OCc2cccc(-c3ccc4c(c3)OCCO4)c2C)cc(OC)c1C=O. The van der Waals surface area contributed by atoms with Crippen LogP contribution in [0.5, 0.6) is 28.7 Å². The average Bonchev–Trinajstić information content (AvgIpc) is 2.82. The van der Waals surface area contributed by atoms with Gasteiger partial charge in [-0.15, -0.1) is 0 Å². The molecule has 3 aromatic rings. The van der Waals surface area contributed by atoms with Crippen molar-refractivity contribution in [1.29, 1.82) is 0 Å². The molecule has 4 rings (SSSR count). The van der Waals surface area contributed by atoms with Gasteiger partial charge in [0.1, 0.15) is 37.1 Å². The van der Waals surface area contributed by atoms with Crippen LogP contribution in [0.2, 0.25) is 0 Å². The number of benzene rings is 3. The second-order valence-electron chi connectivity index (χ2n) is 7.10. The molecule has 0 radical (unpaired) electrons. The van der Waals surface area contributed by atoms with Crippen molar-refractivity contribution in [3.05, 3.63) is 65.2 Å². The maximum atomic E-state index is 11.3. The van der Waals surface area contributed by atoms with E-state index in [0.717, 1.165) is 33.8 Å². The number of ether oxygens (including phenoxy) is 5. The summed E-state index contributed by atoms with van der Waals surface area (Å²) in [4.78, 5) is 11.3. The van der Waals surface area contributed by atoms with Crippen LogP contribution >= 0.6 is 0 Å². The van der Waals surface area contributed by atoms with Gasteiger partial charge >= 0.3 is 0 Å². The predicted molar refractivity (Wildman–Crippen MR) is 117 cm³/mol. The van der Waals surface area contributed by atoms with Crippen LogP contribution in [0.1, 0.15) is 21.5 Å². The van der Waals surface area contributed by atoms with E-state index in [4.69, 9.17) is 23.7 Å². The number of hydrogen-bond acceptors (Lipinski definition) is 6. The Labute approximate surface area is 181 Å². The molecule has 0 aromatic heterocycles. The minimum atomic E-state index is 0.356. The second kappa shape index (κ2) is 9.00. The minimum absolute atomic E-state index is 0.356. The highest BCUT2D eigenvalue weighted by atomic mass is 16.6. The molecule has 0 N–H and O–H groups in total. The van der Waals surface area contributed by atoms with Gasteiger partial charge in [0.05, 0.1) is 19.8 Å². The molecule has 0 saturated carbocycles. The summed E-state index contributed by atoms with van der Waals surface area (Å²) in [5, 5.41) is 0. The van der Waals surface area contributed by atoms with E-state index in [2.05, 4.69) is 13.0 Å². The summed E-state index contributed by atoms with van der Waals surface area (Å²) in [7, 11) is 3.01. The lowest BCUT2D eigenvalue weighted by molar-refractivity contribution is 0.111. The van der Waals surface area contributed by atoms with Gasteiger partial charge in [0, 0.05) is 12.1 Å². The molecule has 0 spiro atoms. The molecule has 0 aliphatic carbocycles. The highest BCUT2D eigenvalue weighted by molar-refractivity contribution is 5.84. The van der Waals surface area contributed by atoms with E-state index in [-0.39, 0.29) is 0 Å². The molecular weight excluding hydrogens is 396 g/mol. The van der Waals surface area contributed by atoms with Crippen LogP contribution in [-0.4, -0.2) is 33.7 Å². The Bertz CT molecular complexity index is 1080. The van der Waals surface area contributed by atoms with E-state index in [1.54, 1.807) is 12.1 Å². The van der Waals surface area contributed by atoms with Crippen molar-refractivity contribution in [2.75, 3.05) is 27.4 Å². The Morgan fingerprint density at radius 3 is 2.32 bits per heavy atom. The molecule has 6 nitrogen and oxygen atoms in total. The van der Waals surface area contributed by atoms with Crippen molar-refractivity contribution in [3.8, 4) is 39.9 Å². The summed E-state index contributed by atoms with van der Waals surface area (Å²) < 4.78 is 28.0. The van der Waals surface area contributed by atoms with Gasteiger partial charge in [-0.3, -0.25) is 4.79 Å². The highest BCUT2D eigenvalue weighted by Gasteiger charge is 2.15. The minimum Gasteiger partial charge on any atom is -0.496 e. The Balaban J connectivity index is 1.59. The first kappa shape index (κ1) is 20.6. The first-order valence-electron chi connectivity index (χ1n) is 9.97. The van der Waals surface area contributed by atoms with Gasteiger partial charge in [0.25, 0.3) is 0 Å². The Morgan fingerprint density at radius 1 is 0.935 bits per heavy atom. The van der Waals surface area contributed by atoms with Crippen LogP contribution in [-0.2, 0) is 6.61 Å². The van der Waals surface area contributed by atoms with Crippen molar-refractivity contribution in [2.24, 2.45) is 0 Å². The summed E-state index contributed by atoms with van der Waals surface area (Å²) >= 11 is 0. The van der Waals surface area contributed by atoms with Crippen LogP contribution in [0.15, 0.2) is 48.5 Å². The molecule has 0 bridgehead atoms. The van der Waals surface area contributed by atoms with Crippen LogP contribution < -0.4 is 23.7 Å². The van der Waals surface area contributed by atoms with E-state index in [0.29, 0.717) is 48.9 Å². The van der Waals surface area contributed by atoms with Gasteiger partial charge in [0.15, 0.2) is 17.8 Å². The van der Waals surface area contributed by atoms with E-state index < -0.39 is 0 Å². The van der Waals surface area contributed by atoms with Crippen molar-refractivity contribution >= 4 is 6.29 Å². The number of aldehydes is 1. The fourth-order valence-corrected chi connectivity index (χ4v) is 3.64. The molecule has 1 aliphatic rings. The molecule has 160 valence electrons. The smallest absolute Gasteiger partial charge is 0.161 e. The molecule has 1 heterocycles. The molecule has 0 saturated heterocycles. The van der Waals surface area contributed by atoms with Crippen LogP contribution in [0.3, 0.4) is 0 Å². The third-order valence-electron chi connectivity index (χ3n) is 5.33. The van der Waals surface area contributed by atoms with Crippen molar-refractivity contribution in [2.45, 2.75) is 13.5 Å². The van der Waals surface area contributed by atoms with Crippen molar-refractivity contribution < 1.29 is 28.5 Å². The van der Waals surface area contributed by atoms with Crippen molar-refractivity contribution in [1.82, 2.24) is 0 Å². The van der Waals surface area contributed by atoms with Crippen LogP contribution in [0.25, 0.3) is 11.1 Å². The molecule has 1 aliphatic heterocycles. The van der Waals surface area contributed by atoms with Gasteiger partial charge in [0.2, 0.25) is 0 Å². The lowest BCUT2D eigenvalue weighted by Crippen LogP contribution is -2.15. The van der Waals surface area contributed by atoms with E-state index in [1.807, 2.05) is 30.3 Å². The zero-order valence-electron chi connectivity index (χ0n) is 17.8. The normalized spacial score (nSPS) is 12.2. The lowest BCUT2D eigenvalue weighted by Gasteiger charge is -2.20. The average molecular weight is 420 g/mol. The van der Waals surface area contributed by atoms with Gasteiger partial charge in [-0.05, 0) is 41.3 Å². The lowest BCUT2D eigenvalue weighted by atomic mass is 9.96. The summed E-state index contributed by atoms with van der Waals surface area (Å²) in [5.74, 6) is 2.91. The van der Waals surface area contributed by atoms with Crippen molar-refractivity contribution in [3.63, 3.8) is 0 Å². The first-order chi connectivity index (χ1) is 15.1. The topological polar surface area (TPSA) is 63.2 Å². The number of carbonyl (C=O) groups is 1. The second-order valence-corrected chi connectivity index (χ2v) is 7.10. The zero-order valence-corrected chi connectivity index (χ0v) is 17.8. The summed E-state index contributed by atoms with van der Waals surface area (Å²) in [6.07, 6.45) is 0.711. The van der Waals surface area contributed by atoms with Gasteiger partial charge in [-0.2, -0.15) is 0 Å². The fraction of sp³-hybridized carbons (Fsp3) is 0.240. The number of fused-ring (bicyclic) bond motifs is 1. The maximum absolute atomic E-state index is 11.3. The third-order valence-corrected chi connectivity index (χ3v) is 5.33. The van der Waals surface area contributed by atoms with Gasteiger partial charge < -0.3 is 23.7 Å². The van der Waals surface area contributed by atoms with E-state index in [1.165, 1.54) is 14.2 Å². The zero-order chi connectivity index (χ0) is 21.8. The molecule has 3 aromatic carbocycles.